The Morgan fingerprint density at radius 1 is 1.35 bits per heavy atom. The molecule has 6 heteroatoms. The van der Waals surface area contributed by atoms with E-state index in [4.69, 9.17) is 14.6 Å². The molecule has 0 fully saturated rings. The fourth-order valence-electron chi connectivity index (χ4n) is 1.41. The van der Waals surface area contributed by atoms with E-state index in [2.05, 4.69) is 5.32 Å². The van der Waals surface area contributed by atoms with Gasteiger partial charge >= 0.3 is 5.97 Å². The van der Waals surface area contributed by atoms with E-state index < -0.39 is 11.9 Å². The first kappa shape index (κ1) is 16.0. The van der Waals surface area contributed by atoms with Crippen molar-refractivity contribution in [1.82, 2.24) is 5.32 Å². The van der Waals surface area contributed by atoms with Gasteiger partial charge in [0, 0.05) is 19.2 Å². The number of ether oxygens (including phenoxy) is 2. The van der Waals surface area contributed by atoms with Gasteiger partial charge in [0.25, 0.3) is 5.91 Å². The third-order valence-electron chi connectivity index (χ3n) is 2.64. The monoisotopic (exact) mass is 281 g/mol. The molecular weight excluding hydrogens is 262 g/mol. The molecule has 1 rings (SSSR count). The molecule has 0 aliphatic rings. The van der Waals surface area contributed by atoms with Gasteiger partial charge in [0.2, 0.25) is 0 Å². The lowest BCUT2D eigenvalue weighted by Gasteiger charge is -2.10. The summed E-state index contributed by atoms with van der Waals surface area (Å²) in [5.74, 6) is -1.32. The molecule has 1 aromatic rings. The SMILES string of the molecule is COCCOc1cccc(C(=O)NCC(C)C(=O)O)c1. The lowest BCUT2D eigenvalue weighted by Crippen LogP contribution is -2.31. The number of benzene rings is 1. The lowest BCUT2D eigenvalue weighted by atomic mass is 10.1. The fraction of sp³-hybridized carbons (Fsp3) is 0.429. The van der Waals surface area contributed by atoms with Gasteiger partial charge < -0.3 is 19.9 Å². The summed E-state index contributed by atoms with van der Waals surface area (Å²) in [7, 11) is 1.58. The van der Waals surface area contributed by atoms with Crippen molar-refractivity contribution in [2.24, 2.45) is 5.92 Å². The predicted octanol–water partition coefficient (Wildman–Crippen LogP) is 1.16. The number of carboxylic acids is 1. The van der Waals surface area contributed by atoms with E-state index in [0.29, 0.717) is 24.5 Å². The van der Waals surface area contributed by atoms with Crippen molar-refractivity contribution in [1.29, 1.82) is 0 Å². The Bertz CT molecular complexity index is 461. The van der Waals surface area contributed by atoms with Crippen molar-refractivity contribution >= 4 is 11.9 Å². The van der Waals surface area contributed by atoms with Crippen LogP contribution < -0.4 is 10.1 Å². The minimum atomic E-state index is -0.943. The lowest BCUT2D eigenvalue weighted by molar-refractivity contribution is -0.140. The Hall–Kier alpha value is -2.08. The number of carbonyl (C=O) groups excluding carboxylic acids is 1. The maximum atomic E-state index is 11.9. The molecule has 0 saturated carbocycles. The highest BCUT2D eigenvalue weighted by molar-refractivity contribution is 5.94. The van der Waals surface area contributed by atoms with E-state index in [1.807, 2.05) is 0 Å². The third-order valence-corrected chi connectivity index (χ3v) is 2.64. The van der Waals surface area contributed by atoms with Gasteiger partial charge in [0.1, 0.15) is 12.4 Å². The predicted molar refractivity (Wildman–Crippen MR) is 72.9 cm³/mol. The number of carboxylic acid groups (broad SMARTS) is 1. The van der Waals surface area contributed by atoms with Gasteiger partial charge in [-0.3, -0.25) is 9.59 Å². The number of hydrogen-bond donors (Lipinski definition) is 2. The van der Waals surface area contributed by atoms with Gasteiger partial charge in [0.05, 0.1) is 12.5 Å². The van der Waals surface area contributed by atoms with Gasteiger partial charge in [-0.05, 0) is 18.2 Å². The molecule has 110 valence electrons. The molecule has 1 aromatic carbocycles. The fourth-order valence-corrected chi connectivity index (χ4v) is 1.41. The van der Waals surface area contributed by atoms with Crippen LogP contribution in [0.1, 0.15) is 17.3 Å². The van der Waals surface area contributed by atoms with Gasteiger partial charge in [-0.25, -0.2) is 0 Å². The Kier molecular flexibility index (Phi) is 6.52. The molecule has 0 spiro atoms. The highest BCUT2D eigenvalue weighted by Gasteiger charge is 2.13. The maximum Gasteiger partial charge on any atom is 0.308 e. The average Bonchev–Trinajstić information content (AvgIpc) is 2.44. The molecule has 0 heterocycles. The largest absolute Gasteiger partial charge is 0.491 e. The minimum absolute atomic E-state index is 0.0862. The van der Waals surface area contributed by atoms with E-state index in [9.17, 15) is 9.59 Å². The molecule has 0 radical (unpaired) electrons. The number of amides is 1. The third kappa shape index (κ3) is 5.27. The molecule has 1 atom stereocenters. The summed E-state index contributed by atoms with van der Waals surface area (Å²) in [5.41, 5.74) is 0.428. The molecule has 1 amide bonds. The summed E-state index contributed by atoms with van der Waals surface area (Å²) >= 11 is 0. The average molecular weight is 281 g/mol. The van der Waals surface area contributed by atoms with E-state index in [-0.39, 0.29) is 12.5 Å². The Labute approximate surface area is 117 Å². The summed E-state index contributed by atoms with van der Waals surface area (Å²) < 4.78 is 10.3. The van der Waals surface area contributed by atoms with Crippen LogP contribution in [-0.4, -0.2) is 43.9 Å². The summed E-state index contributed by atoms with van der Waals surface area (Å²) in [6.07, 6.45) is 0. The second-order valence-electron chi connectivity index (χ2n) is 4.32. The van der Waals surface area contributed by atoms with Crippen LogP contribution in [0.2, 0.25) is 0 Å². The number of methoxy groups -OCH3 is 1. The number of aliphatic carboxylic acids is 1. The molecule has 0 aliphatic carbocycles. The summed E-state index contributed by atoms with van der Waals surface area (Å²) in [6, 6.07) is 6.70. The summed E-state index contributed by atoms with van der Waals surface area (Å²) in [4.78, 5) is 22.5. The first-order valence-corrected chi connectivity index (χ1v) is 6.27. The molecular formula is C14H19NO5. The second-order valence-corrected chi connectivity index (χ2v) is 4.32. The number of carbonyl (C=O) groups is 2. The first-order chi connectivity index (χ1) is 9.54. The topological polar surface area (TPSA) is 84.9 Å². The van der Waals surface area contributed by atoms with Crippen molar-refractivity contribution in [3.63, 3.8) is 0 Å². The molecule has 1 unspecified atom stereocenters. The van der Waals surface area contributed by atoms with Crippen LogP contribution in [-0.2, 0) is 9.53 Å². The quantitative estimate of drug-likeness (QED) is 0.698. The molecule has 0 bridgehead atoms. The number of hydrogen-bond acceptors (Lipinski definition) is 4. The highest BCUT2D eigenvalue weighted by atomic mass is 16.5. The Balaban J connectivity index is 2.55. The van der Waals surface area contributed by atoms with Gasteiger partial charge in [-0.1, -0.05) is 13.0 Å². The van der Waals surface area contributed by atoms with Gasteiger partial charge in [-0.2, -0.15) is 0 Å². The number of rotatable bonds is 8. The summed E-state index contributed by atoms with van der Waals surface area (Å²) in [5, 5.41) is 11.3. The zero-order chi connectivity index (χ0) is 15.0. The van der Waals surface area contributed by atoms with E-state index in [0.717, 1.165) is 0 Å². The van der Waals surface area contributed by atoms with Crippen LogP contribution in [0.5, 0.6) is 5.75 Å². The number of nitrogens with one attached hydrogen (secondary N) is 1. The first-order valence-electron chi connectivity index (χ1n) is 6.27. The zero-order valence-electron chi connectivity index (χ0n) is 11.6. The van der Waals surface area contributed by atoms with Crippen LogP contribution in [0.3, 0.4) is 0 Å². The van der Waals surface area contributed by atoms with Crippen LogP contribution in [0.4, 0.5) is 0 Å². The summed E-state index contributed by atoms with van der Waals surface area (Å²) in [6.45, 7) is 2.49. The van der Waals surface area contributed by atoms with Crippen molar-refractivity contribution in [2.75, 3.05) is 26.9 Å². The van der Waals surface area contributed by atoms with E-state index in [1.54, 1.807) is 31.4 Å². The molecule has 0 aromatic heterocycles. The van der Waals surface area contributed by atoms with Gasteiger partial charge in [0.15, 0.2) is 0 Å². The molecule has 20 heavy (non-hydrogen) atoms. The second kappa shape index (κ2) is 8.16. The van der Waals surface area contributed by atoms with E-state index in [1.165, 1.54) is 6.92 Å². The van der Waals surface area contributed by atoms with E-state index >= 15 is 0 Å². The van der Waals surface area contributed by atoms with Crippen molar-refractivity contribution in [3.8, 4) is 5.75 Å². The van der Waals surface area contributed by atoms with Crippen molar-refractivity contribution in [2.45, 2.75) is 6.92 Å². The normalized spacial score (nSPS) is 11.7. The molecule has 0 saturated heterocycles. The van der Waals surface area contributed by atoms with Crippen LogP contribution in [0.15, 0.2) is 24.3 Å². The van der Waals surface area contributed by atoms with Crippen molar-refractivity contribution < 1.29 is 24.2 Å². The molecule has 0 aliphatic heterocycles. The highest BCUT2D eigenvalue weighted by Crippen LogP contribution is 2.13. The zero-order valence-corrected chi connectivity index (χ0v) is 11.6. The Morgan fingerprint density at radius 2 is 2.10 bits per heavy atom. The van der Waals surface area contributed by atoms with Crippen LogP contribution in [0.25, 0.3) is 0 Å². The van der Waals surface area contributed by atoms with Crippen molar-refractivity contribution in [3.05, 3.63) is 29.8 Å². The van der Waals surface area contributed by atoms with Gasteiger partial charge in [-0.15, -0.1) is 0 Å². The van der Waals surface area contributed by atoms with Crippen LogP contribution in [0, 0.1) is 5.92 Å². The smallest absolute Gasteiger partial charge is 0.308 e. The minimum Gasteiger partial charge on any atom is -0.491 e. The maximum absolute atomic E-state index is 11.9. The standard InChI is InChI=1S/C14H19NO5/c1-10(14(17)18)9-15-13(16)11-4-3-5-12(8-11)20-7-6-19-2/h3-5,8,10H,6-7,9H2,1-2H3,(H,15,16)(H,17,18). The molecule has 6 nitrogen and oxygen atoms in total. The Morgan fingerprint density at radius 3 is 2.75 bits per heavy atom. The van der Waals surface area contributed by atoms with Crippen LogP contribution >= 0.6 is 0 Å². The molecule has 2 N–H and O–H groups in total.